The molecule has 16 N–H and O–H groups in total. The summed E-state index contributed by atoms with van der Waals surface area (Å²) in [6.07, 6.45) is 1.99. The third kappa shape index (κ3) is 17.7. The number of aliphatic imine (C=N–C) groups is 1. The smallest absolute Gasteiger partial charge is 0.243 e. The van der Waals surface area contributed by atoms with Gasteiger partial charge in [0.2, 0.25) is 53.2 Å². The molecule has 1 aliphatic rings. The van der Waals surface area contributed by atoms with Crippen molar-refractivity contribution in [2.45, 2.75) is 127 Å². The first kappa shape index (κ1) is 53.1. The predicted octanol–water partition coefficient (Wildman–Crippen LogP) is -1.45. The summed E-state index contributed by atoms with van der Waals surface area (Å²) in [7, 11) is 0. The number of carbonyl (C=O) groups is 9. The lowest BCUT2D eigenvalue weighted by Crippen LogP contribution is -2.60. The number of rotatable bonds is 16. The van der Waals surface area contributed by atoms with Gasteiger partial charge in [-0.25, -0.2) is 0 Å². The quantitative estimate of drug-likeness (QED) is 0.0448. The lowest BCUT2D eigenvalue weighted by molar-refractivity contribution is -0.135. The van der Waals surface area contributed by atoms with Gasteiger partial charge in [0.15, 0.2) is 5.96 Å². The van der Waals surface area contributed by atoms with Crippen LogP contribution in [0.25, 0.3) is 10.9 Å². The van der Waals surface area contributed by atoms with E-state index in [0.717, 1.165) is 10.9 Å². The topological polar surface area (TPSA) is 370 Å². The molecule has 6 unspecified atom stereocenters. The van der Waals surface area contributed by atoms with Crippen LogP contribution in [0.4, 0.5) is 0 Å². The number of carbonyl (C=O) groups excluding carboxylic acids is 9. The maximum atomic E-state index is 14.5. The number of amides is 9. The normalized spacial score (nSPS) is 21.7. The first-order chi connectivity index (χ1) is 32.5. The molecule has 0 spiro atoms. The van der Waals surface area contributed by atoms with Crippen molar-refractivity contribution < 1.29 is 43.2 Å². The van der Waals surface area contributed by atoms with Crippen molar-refractivity contribution in [3.8, 4) is 0 Å². The molecule has 0 bridgehead atoms. The molecule has 2 aromatic carbocycles. The Balaban J connectivity index is 1.77. The zero-order valence-corrected chi connectivity index (χ0v) is 38.3. The molecular formula is C46H65N13O9. The fourth-order valence-corrected chi connectivity index (χ4v) is 7.53. The van der Waals surface area contributed by atoms with Crippen LogP contribution in [0, 0.1) is 0 Å². The minimum Gasteiger partial charge on any atom is -0.370 e. The van der Waals surface area contributed by atoms with Crippen molar-refractivity contribution in [2.75, 3.05) is 13.1 Å². The number of nitrogens with zero attached hydrogens (tertiary/aromatic N) is 1. The molecule has 1 fully saturated rings. The number of hydrogen-bond acceptors (Lipinski definition) is 10. The number of H-pyrrole nitrogens is 1. The van der Waals surface area contributed by atoms with Gasteiger partial charge in [-0.3, -0.25) is 48.1 Å². The van der Waals surface area contributed by atoms with Crippen molar-refractivity contribution in [3.63, 3.8) is 0 Å². The average molecular weight is 944 g/mol. The Kier molecular flexibility index (Phi) is 21.2. The Bertz CT molecular complexity index is 2260. The zero-order valence-electron chi connectivity index (χ0n) is 38.3. The van der Waals surface area contributed by atoms with E-state index in [9.17, 15) is 43.2 Å². The highest BCUT2D eigenvalue weighted by atomic mass is 16.2. The Morgan fingerprint density at radius 2 is 1.31 bits per heavy atom. The lowest BCUT2D eigenvalue weighted by atomic mass is 10.0. The minimum atomic E-state index is -1.47. The van der Waals surface area contributed by atoms with E-state index >= 15 is 0 Å². The van der Waals surface area contributed by atoms with Crippen LogP contribution in [0.2, 0.25) is 0 Å². The van der Waals surface area contributed by atoms with E-state index in [2.05, 4.69) is 47.2 Å². The van der Waals surface area contributed by atoms with Crippen LogP contribution < -0.4 is 60.2 Å². The Morgan fingerprint density at radius 3 is 1.99 bits per heavy atom. The Labute approximate surface area is 394 Å². The van der Waals surface area contributed by atoms with Gasteiger partial charge in [-0.2, -0.15) is 0 Å². The van der Waals surface area contributed by atoms with Gasteiger partial charge >= 0.3 is 0 Å². The van der Waals surface area contributed by atoms with Gasteiger partial charge in [-0.1, -0.05) is 61.9 Å². The van der Waals surface area contributed by atoms with E-state index in [1.807, 2.05) is 31.2 Å². The molecule has 1 aliphatic heterocycles. The number of guanidine groups is 1. The third-order valence-corrected chi connectivity index (χ3v) is 11.3. The number of primary amides is 2. The van der Waals surface area contributed by atoms with Gasteiger partial charge in [0, 0.05) is 62.3 Å². The molecule has 4 rings (SSSR count). The molecule has 1 saturated heterocycles. The molecule has 3 aromatic rings. The van der Waals surface area contributed by atoms with Crippen LogP contribution in [-0.4, -0.2) is 113 Å². The number of unbranched alkanes of at least 4 members (excludes halogenated alkanes) is 1. The maximum absolute atomic E-state index is 14.5. The van der Waals surface area contributed by atoms with E-state index < -0.39 is 89.4 Å². The highest BCUT2D eigenvalue weighted by molar-refractivity contribution is 5.98. The van der Waals surface area contributed by atoms with Crippen molar-refractivity contribution in [1.82, 2.24) is 42.2 Å². The molecule has 2 heterocycles. The van der Waals surface area contributed by atoms with Gasteiger partial charge in [0.05, 0.1) is 0 Å². The number of aromatic nitrogens is 1. The highest BCUT2D eigenvalue weighted by Crippen LogP contribution is 2.20. The molecule has 22 nitrogen and oxygen atoms in total. The average Bonchev–Trinajstić information content (AvgIpc) is 3.71. The second-order valence-corrected chi connectivity index (χ2v) is 16.7. The molecule has 0 saturated carbocycles. The lowest BCUT2D eigenvalue weighted by Gasteiger charge is -2.27. The summed E-state index contributed by atoms with van der Waals surface area (Å²) < 4.78 is 0. The van der Waals surface area contributed by atoms with Crippen molar-refractivity contribution in [3.05, 3.63) is 71.9 Å². The van der Waals surface area contributed by atoms with Crippen molar-refractivity contribution in [2.24, 2.45) is 27.9 Å². The number of nitrogens with two attached hydrogens (primary N) is 4. The summed E-state index contributed by atoms with van der Waals surface area (Å²) in [5.74, 6) is -6.96. The summed E-state index contributed by atoms with van der Waals surface area (Å²) in [5.41, 5.74) is 24.3. The number of hydrogen-bond donors (Lipinski definition) is 12. The molecule has 1 aromatic heterocycles. The molecule has 0 aliphatic carbocycles. The fraction of sp³-hybridized carbons (Fsp3) is 0.478. The minimum absolute atomic E-state index is 0.00633. The number of nitrogens with one attached hydrogen (secondary N) is 8. The van der Waals surface area contributed by atoms with Crippen LogP contribution in [0.1, 0.15) is 88.7 Å². The number of fused-ring (bicyclic) bond motifs is 1. The Hall–Kier alpha value is -7.52. The van der Waals surface area contributed by atoms with Gasteiger partial charge < -0.3 is 65.1 Å². The van der Waals surface area contributed by atoms with Crippen LogP contribution in [0.15, 0.2) is 65.8 Å². The zero-order chi connectivity index (χ0) is 49.6. The molecule has 0 radical (unpaired) electrons. The number of aromatic amines is 1. The summed E-state index contributed by atoms with van der Waals surface area (Å²) in [5, 5.41) is 19.5. The highest BCUT2D eigenvalue weighted by Gasteiger charge is 2.34. The number of benzene rings is 2. The molecule has 6 atom stereocenters. The van der Waals surface area contributed by atoms with Crippen LogP contribution in [-0.2, 0) is 56.0 Å². The SMILES string of the molecule is CCCCC(=O)NC1CCC(=O)NCCCC(C(N)=O)NC(=O)C(Cc2c[nH]c3ccccc23)NC(=O)C(CCCN=C(N)N)NC(=O)C(Cc2ccccc2)NC(=O)C(CCC(N)=O)NC1=O. The van der Waals surface area contributed by atoms with Crippen molar-refractivity contribution in [1.29, 1.82) is 0 Å². The molecule has 68 heavy (non-hydrogen) atoms. The van der Waals surface area contributed by atoms with E-state index in [4.69, 9.17) is 22.9 Å². The molecular weight excluding hydrogens is 879 g/mol. The van der Waals surface area contributed by atoms with E-state index in [-0.39, 0.29) is 89.7 Å². The molecule has 22 heteroatoms. The third-order valence-electron chi connectivity index (χ3n) is 11.3. The molecule has 368 valence electrons. The first-order valence-corrected chi connectivity index (χ1v) is 22.8. The second-order valence-electron chi connectivity index (χ2n) is 16.7. The first-order valence-electron chi connectivity index (χ1n) is 22.8. The van der Waals surface area contributed by atoms with Gasteiger partial charge in [-0.15, -0.1) is 0 Å². The molecule has 9 amide bonds. The second kappa shape index (κ2) is 27.2. The van der Waals surface area contributed by atoms with E-state index in [1.165, 1.54) is 0 Å². The van der Waals surface area contributed by atoms with E-state index in [1.54, 1.807) is 36.5 Å². The fourth-order valence-electron chi connectivity index (χ4n) is 7.53. The standard InChI is InChI=1S/C46H65N13O9/c1-2-3-17-39(62)54-33-19-21-38(61)51-22-9-15-31(40(48)63)55-45(68)36(25-28-26-53-30-14-8-7-13-29(28)30)59-41(64)32(16-10-23-52-46(49)50)56-44(67)35(24-27-11-5-4-6-12-27)58-43(66)34(57-42(33)65)18-20-37(47)60/h4-8,11-14,26,31-36,53H,2-3,9-10,15-25H2,1H3,(H2,47,60)(H2,48,63)(H,51,61)(H,54,62)(H,55,68)(H,56,67)(H,57,65)(H,58,66)(H,59,64)(H4,49,50,52). The Morgan fingerprint density at radius 1 is 0.691 bits per heavy atom. The summed E-state index contributed by atoms with van der Waals surface area (Å²) >= 11 is 0. The summed E-state index contributed by atoms with van der Waals surface area (Å²) in [6.45, 7) is 1.98. The van der Waals surface area contributed by atoms with Crippen molar-refractivity contribution >= 4 is 70.0 Å². The maximum Gasteiger partial charge on any atom is 0.243 e. The monoisotopic (exact) mass is 944 g/mol. The van der Waals surface area contributed by atoms with Crippen LogP contribution in [0.5, 0.6) is 0 Å². The summed E-state index contributed by atoms with van der Waals surface area (Å²) in [4.78, 5) is 129. The number of para-hydroxylation sites is 1. The van der Waals surface area contributed by atoms with Crippen LogP contribution >= 0.6 is 0 Å². The van der Waals surface area contributed by atoms with Crippen LogP contribution in [0.3, 0.4) is 0 Å². The van der Waals surface area contributed by atoms with Gasteiger partial charge in [0.1, 0.15) is 36.3 Å². The predicted molar refractivity (Wildman–Crippen MR) is 252 cm³/mol. The van der Waals surface area contributed by atoms with Gasteiger partial charge in [0.25, 0.3) is 0 Å². The summed E-state index contributed by atoms with van der Waals surface area (Å²) in [6, 6.07) is 7.85. The largest absolute Gasteiger partial charge is 0.370 e. The van der Waals surface area contributed by atoms with Gasteiger partial charge in [-0.05, 0) is 62.1 Å². The van der Waals surface area contributed by atoms with E-state index in [0.29, 0.717) is 24.0 Å².